The Hall–Kier alpha value is -2.15. The molecule has 0 saturated heterocycles. The number of benzene rings is 1. The van der Waals surface area contributed by atoms with Crippen LogP contribution in [0.2, 0.25) is 5.02 Å². The minimum Gasteiger partial charge on any atom is -0.468 e. The van der Waals surface area contributed by atoms with Crippen LogP contribution in [0.25, 0.3) is 0 Å². The number of carbonyl (C=O) groups is 2. The van der Waals surface area contributed by atoms with Crippen LogP contribution in [0, 0.1) is 10.1 Å². The molecule has 1 aromatic carbocycles. The number of hydrogen-bond donors (Lipinski definition) is 0. The van der Waals surface area contributed by atoms with Gasteiger partial charge in [-0.2, -0.15) is 0 Å². The molecule has 19 heavy (non-hydrogen) atoms. The third kappa shape index (κ3) is 3.65. The van der Waals surface area contributed by atoms with E-state index in [1.165, 1.54) is 26.3 Å². The van der Waals surface area contributed by atoms with Crippen LogP contribution in [0.3, 0.4) is 0 Å². The molecule has 0 saturated carbocycles. The summed E-state index contributed by atoms with van der Waals surface area (Å²) in [5.74, 6) is -1.10. The van der Waals surface area contributed by atoms with Gasteiger partial charge in [0, 0.05) is 19.2 Å². The molecule has 0 bridgehead atoms. The maximum Gasteiger partial charge on any atom is 0.325 e. The molecular formula is C11H11ClN2O5. The first-order valence-corrected chi connectivity index (χ1v) is 5.50. The summed E-state index contributed by atoms with van der Waals surface area (Å²) in [6.07, 6.45) is 0. The molecular weight excluding hydrogens is 276 g/mol. The number of carbonyl (C=O) groups excluding carboxylic acids is 2. The van der Waals surface area contributed by atoms with E-state index in [0.717, 1.165) is 11.0 Å². The highest BCUT2D eigenvalue weighted by Gasteiger charge is 2.19. The van der Waals surface area contributed by atoms with Crippen molar-refractivity contribution in [2.24, 2.45) is 0 Å². The van der Waals surface area contributed by atoms with E-state index in [1.807, 2.05) is 0 Å². The van der Waals surface area contributed by atoms with E-state index in [9.17, 15) is 19.7 Å². The Labute approximate surface area is 113 Å². The number of esters is 1. The number of amides is 1. The number of hydrogen-bond acceptors (Lipinski definition) is 5. The first kappa shape index (κ1) is 14.9. The average Bonchev–Trinajstić information content (AvgIpc) is 2.37. The van der Waals surface area contributed by atoms with Crippen LogP contribution in [0.1, 0.15) is 10.4 Å². The van der Waals surface area contributed by atoms with Crippen LogP contribution in [0.15, 0.2) is 18.2 Å². The van der Waals surface area contributed by atoms with Crippen molar-refractivity contribution in [2.45, 2.75) is 0 Å². The average molecular weight is 287 g/mol. The van der Waals surface area contributed by atoms with Gasteiger partial charge in [-0.15, -0.1) is 0 Å². The molecule has 0 aliphatic carbocycles. The monoisotopic (exact) mass is 286 g/mol. The zero-order chi connectivity index (χ0) is 14.6. The molecule has 102 valence electrons. The van der Waals surface area contributed by atoms with Crippen molar-refractivity contribution in [2.75, 3.05) is 20.7 Å². The van der Waals surface area contributed by atoms with Crippen molar-refractivity contribution in [1.82, 2.24) is 4.90 Å². The highest BCUT2D eigenvalue weighted by Crippen LogP contribution is 2.23. The van der Waals surface area contributed by atoms with Crippen LogP contribution >= 0.6 is 11.6 Å². The number of nitro benzene ring substituents is 1. The number of ether oxygens (including phenoxy) is 1. The fourth-order valence-electron chi connectivity index (χ4n) is 1.33. The standard InChI is InChI=1S/C11H11ClN2O5/c1-13(6-10(15)19-2)11(16)8-4-3-7(14(17)18)5-9(8)12/h3-5H,6H2,1-2H3. The van der Waals surface area contributed by atoms with E-state index in [-0.39, 0.29) is 22.8 Å². The summed E-state index contributed by atoms with van der Waals surface area (Å²) in [5, 5.41) is 10.5. The smallest absolute Gasteiger partial charge is 0.325 e. The minimum absolute atomic E-state index is 0.0454. The molecule has 0 N–H and O–H groups in total. The van der Waals surface area contributed by atoms with E-state index in [1.54, 1.807) is 0 Å². The predicted octanol–water partition coefficient (Wildman–Crippen LogP) is 1.49. The second kappa shape index (κ2) is 6.14. The molecule has 0 aliphatic rings. The lowest BCUT2D eigenvalue weighted by atomic mass is 10.2. The highest BCUT2D eigenvalue weighted by atomic mass is 35.5. The molecule has 0 fully saturated rings. The van der Waals surface area contributed by atoms with Crippen LogP contribution in [-0.2, 0) is 9.53 Å². The second-order valence-electron chi connectivity index (χ2n) is 3.66. The number of likely N-dealkylation sites (N-methyl/N-ethyl adjacent to an activating group) is 1. The third-order valence-electron chi connectivity index (χ3n) is 2.33. The first-order chi connectivity index (χ1) is 8.86. The third-order valence-corrected chi connectivity index (χ3v) is 2.65. The van der Waals surface area contributed by atoms with Gasteiger partial charge in [-0.25, -0.2) is 0 Å². The summed E-state index contributed by atoms with van der Waals surface area (Å²) < 4.78 is 4.43. The van der Waals surface area contributed by atoms with Crippen molar-refractivity contribution in [3.63, 3.8) is 0 Å². The van der Waals surface area contributed by atoms with Gasteiger partial charge in [0.25, 0.3) is 11.6 Å². The predicted molar refractivity (Wildman–Crippen MR) is 67.1 cm³/mol. The molecule has 8 heteroatoms. The molecule has 0 heterocycles. The van der Waals surface area contributed by atoms with Crippen LogP contribution in [0.4, 0.5) is 5.69 Å². The van der Waals surface area contributed by atoms with Gasteiger partial charge in [-0.1, -0.05) is 11.6 Å². The summed E-state index contributed by atoms with van der Waals surface area (Å²) in [5.41, 5.74) is -0.129. The molecule has 0 spiro atoms. The Morgan fingerprint density at radius 2 is 2.11 bits per heavy atom. The van der Waals surface area contributed by atoms with Crippen LogP contribution < -0.4 is 0 Å². The Bertz CT molecular complexity index is 532. The van der Waals surface area contributed by atoms with Crippen molar-refractivity contribution in [3.05, 3.63) is 38.9 Å². The maximum atomic E-state index is 12.0. The Balaban J connectivity index is 2.94. The number of rotatable bonds is 4. The largest absolute Gasteiger partial charge is 0.468 e. The lowest BCUT2D eigenvalue weighted by Crippen LogP contribution is -2.32. The molecule has 1 amide bonds. The summed E-state index contributed by atoms with van der Waals surface area (Å²) in [6.45, 7) is -0.233. The van der Waals surface area contributed by atoms with Gasteiger partial charge >= 0.3 is 5.97 Å². The minimum atomic E-state index is -0.613. The van der Waals surface area contributed by atoms with E-state index >= 15 is 0 Å². The lowest BCUT2D eigenvalue weighted by Gasteiger charge is -2.16. The van der Waals surface area contributed by atoms with Crippen molar-refractivity contribution in [3.8, 4) is 0 Å². The molecule has 1 rings (SSSR count). The zero-order valence-corrected chi connectivity index (χ0v) is 11.0. The second-order valence-corrected chi connectivity index (χ2v) is 4.07. The molecule has 0 unspecified atom stereocenters. The van der Waals surface area contributed by atoms with E-state index < -0.39 is 16.8 Å². The molecule has 0 atom stereocenters. The number of nitrogens with zero attached hydrogens (tertiary/aromatic N) is 2. The molecule has 0 aliphatic heterocycles. The summed E-state index contributed by atoms with van der Waals surface area (Å²) in [6, 6.07) is 3.50. The van der Waals surface area contributed by atoms with Crippen molar-refractivity contribution >= 4 is 29.2 Å². The molecule has 7 nitrogen and oxygen atoms in total. The maximum absolute atomic E-state index is 12.0. The number of non-ortho nitro benzene ring substituents is 1. The van der Waals surface area contributed by atoms with Crippen LogP contribution in [0.5, 0.6) is 0 Å². The summed E-state index contributed by atoms with van der Waals surface area (Å²) >= 11 is 5.81. The van der Waals surface area contributed by atoms with Gasteiger partial charge in [0.05, 0.1) is 22.6 Å². The topological polar surface area (TPSA) is 89.8 Å². The quantitative estimate of drug-likeness (QED) is 0.475. The highest BCUT2D eigenvalue weighted by molar-refractivity contribution is 6.34. The normalized spacial score (nSPS) is 9.84. The number of methoxy groups -OCH3 is 1. The zero-order valence-electron chi connectivity index (χ0n) is 10.3. The summed E-state index contributed by atoms with van der Waals surface area (Å²) in [7, 11) is 2.61. The van der Waals surface area contributed by atoms with Gasteiger partial charge in [0.2, 0.25) is 0 Å². The Morgan fingerprint density at radius 3 is 2.58 bits per heavy atom. The molecule has 0 aromatic heterocycles. The number of nitro groups is 1. The van der Waals surface area contributed by atoms with Gasteiger partial charge in [0.1, 0.15) is 6.54 Å². The fourth-order valence-corrected chi connectivity index (χ4v) is 1.58. The fraction of sp³-hybridized carbons (Fsp3) is 0.273. The molecule has 1 aromatic rings. The van der Waals surface area contributed by atoms with Crippen LogP contribution in [-0.4, -0.2) is 42.4 Å². The van der Waals surface area contributed by atoms with Gasteiger partial charge in [-0.05, 0) is 6.07 Å². The first-order valence-electron chi connectivity index (χ1n) is 5.13. The lowest BCUT2D eigenvalue weighted by molar-refractivity contribution is -0.384. The summed E-state index contributed by atoms with van der Waals surface area (Å²) in [4.78, 5) is 34.0. The van der Waals surface area contributed by atoms with E-state index in [4.69, 9.17) is 11.6 Å². The van der Waals surface area contributed by atoms with Gasteiger partial charge in [-0.3, -0.25) is 19.7 Å². The number of halogens is 1. The van der Waals surface area contributed by atoms with E-state index in [2.05, 4.69) is 4.74 Å². The van der Waals surface area contributed by atoms with Gasteiger partial charge in [0.15, 0.2) is 0 Å². The van der Waals surface area contributed by atoms with Crippen molar-refractivity contribution in [1.29, 1.82) is 0 Å². The van der Waals surface area contributed by atoms with Gasteiger partial charge < -0.3 is 9.64 Å². The SMILES string of the molecule is COC(=O)CN(C)C(=O)c1ccc([N+](=O)[O-])cc1Cl. The Kier molecular flexibility index (Phi) is 4.82. The van der Waals surface area contributed by atoms with Crippen molar-refractivity contribution < 1.29 is 19.2 Å². The Morgan fingerprint density at radius 1 is 1.47 bits per heavy atom. The van der Waals surface area contributed by atoms with E-state index in [0.29, 0.717) is 0 Å². The molecule has 0 radical (unpaired) electrons.